The van der Waals surface area contributed by atoms with E-state index in [-0.39, 0.29) is 11.3 Å². The van der Waals surface area contributed by atoms with Crippen molar-refractivity contribution >= 4 is 17.9 Å². The van der Waals surface area contributed by atoms with Crippen LogP contribution in [0.1, 0.15) is 15.9 Å². The van der Waals surface area contributed by atoms with Crippen LogP contribution in [0, 0.1) is 6.92 Å². The summed E-state index contributed by atoms with van der Waals surface area (Å²) in [7, 11) is 0. The van der Waals surface area contributed by atoms with E-state index in [1.807, 2.05) is 0 Å². The zero-order valence-electron chi connectivity index (χ0n) is 7.26. The van der Waals surface area contributed by atoms with Crippen molar-refractivity contribution in [1.82, 2.24) is 0 Å². The molecular formula is C9H7ClF2O2. The Morgan fingerprint density at radius 1 is 1.50 bits per heavy atom. The highest BCUT2D eigenvalue weighted by Crippen LogP contribution is 2.27. The van der Waals surface area contributed by atoms with Gasteiger partial charge in [-0.1, -0.05) is 11.6 Å². The minimum atomic E-state index is -2.95. The standard InChI is InChI=1S/C9H7ClF2O2/c1-5-6(4-13)8(14-9(11)12)3-2-7(5)10/h2-4,9H,1H3. The Morgan fingerprint density at radius 3 is 2.64 bits per heavy atom. The fourth-order valence-corrected chi connectivity index (χ4v) is 1.19. The molecule has 0 radical (unpaired) electrons. The maximum Gasteiger partial charge on any atom is 0.387 e. The molecule has 0 aliphatic heterocycles. The van der Waals surface area contributed by atoms with Gasteiger partial charge in [0.1, 0.15) is 5.75 Å². The second kappa shape index (κ2) is 4.37. The third-order valence-corrected chi connectivity index (χ3v) is 2.15. The molecule has 0 N–H and O–H groups in total. The summed E-state index contributed by atoms with van der Waals surface area (Å²) < 4.78 is 27.9. The van der Waals surface area contributed by atoms with Crippen LogP contribution in [0.15, 0.2) is 12.1 Å². The lowest BCUT2D eigenvalue weighted by Crippen LogP contribution is -2.05. The molecule has 0 amide bonds. The summed E-state index contributed by atoms with van der Waals surface area (Å²) in [4.78, 5) is 10.6. The van der Waals surface area contributed by atoms with E-state index >= 15 is 0 Å². The minimum absolute atomic E-state index is 0.0535. The van der Waals surface area contributed by atoms with Crippen molar-refractivity contribution in [2.75, 3.05) is 0 Å². The molecule has 0 bridgehead atoms. The van der Waals surface area contributed by atoms with Gasteiger partial charge in [-0.15, -0.1) is 0 Å². The lowest BCUT2D eigenvalue weighted by Gasteiger charge is -2.09. The van der Waals surface area contributed by atoms with E-state index in [1.54, 1.807) is 6.92 Å². The first-order valence-electron chi connectivity index (χ1n) is 3.75. The molecule has 1 aromatic carbocycles. The largest absolute Gasteiger partial charge is 0.434 e. The molecule has 0 atom stereocenters. The summed E-state index contributed by atoms with van der Waals surface area (Å²) in [6, 6.07) is 2.65. The molecule has 0 heterocycles. The highest BCUT2D eigenvalue weighted by atomic mass is 35.5. The van der Waals surface area contributed by atoms with E-state index in [0.29, 0.717) is 16.9 Å². The second-order valence-electron chi connectivity index (χ2n) is 2.58. The number of aldehydes is 1. The number of benzene rings is 1. The molecule has 1 aromatic rings. The van der Waals surface area contributed by atoms with Gasteiger partial charge in [0.2, 0.25) is 0 Å². The quantitative estimate of drug-likeness (QED) is 0.732. The molecular weight excluding hydrogens is 214 g/mol. The topological polar surface area (TPSA) is 26.3 Å². The van der Waals surface area contributed by atoms with Gasteiger partial charge in [-0.25, -0.2) is 0 Å². The van der Waals surface area contributed by atoms with Gasteiger partial charge in [0, 0.05) is 5.02 Å². The van der Waals surface area contributed by atoms with Crippen molar-refractivity contribution in [3.05, 3.63) is 28.3 Å². The van der Waals surface area contributed by atoms with E-state index in [0.717, 1.165) is 0 Å². The molecule has 0 saturated carbocycles. The SMILES string of the molecule is Cc1c(Cl)ccc(OC(F)F)c1C=O. The summed E-state index contributed by atoms with van der Waals surface area (Å²) in [5.74, 6) is -0.156. The van der Waals surface area contributed by atoms with Gasteiger partial charge >= 0.3 is 6.61 Å². The molecule has 0 unspecified atom stereocenters. The van der Waals surface area contributed by atoms with Crippen LogP contribution in [0.5, 0.6) is 5.75 Å². The molecule has 0 spiro atoms. The van der Waals surface area contributed by atoms with Crippen LogP contribution in [0.25, 0.3) is 0 Å². The highest BCUT2D eigenvalue weighted by Gasteiger charge is 2.12. The Kier molecular flexibility index (Phi) is 3.41. The molecule has 2 nitrogen and oxygen atoms in total. The van der Waals surface area contributed by atoms with Gasteiger partial charge in [0.25, 0.3) is 0 Å². The average molecular weight is 221 g/mol. The zero-order valence-corrected chi connectivity index (χ0v) is 8.02. The Bertz CT molecular complexity index is 353. The van der Waals surface area contributed by atoms with Crippen molar-refractivity contribution in [1.29, 1.82) is 0 Å². The minimum Gasteiger partial charge on any atom is -0.434 e. The van der Waals surface area contributed by atoms with Gasteiger partial charge in [-0.05, 0) is 24.6 Å². The van der Waals surface area contributed by atoms with E-state index in [1.165, 1.54) is 12.1 Å². The predicted molar refractivity (Wildman–Crippen MR) is 48.2 cm³/mol. The average Bonchev–Trinajstić information content (AvgIpc) is 2.11. The number of rotatable bonds is 3. The number of alkyl halides is 2. The third-order valence-electron chi connectivity index (χ3n) is 1.74. The molecule has 5 heteroatoms. The maximum absolute atomic E-state index is 11.9. The Morgan fingerprint density at radius 2 is 2.14 bits per heavy atom. The van der Waals surface area contributed by atoms with Crippen LogP contribution in [-0.2, 0) is 0 Å². The van der Waals surface area contributed by atoms with Gasteiger partial charge in [0.05, 0.1) is 5.56 Å². The number of hydrogen-bond donors (Lipinski definition) is 0. The van der Waals surface area contributed by atoms with Crippen molar-refractivity contribution in [3.8, 4) is 5.75 Å². The number of hydrogen-bond acceptors (Lipinski definition) is 2. The van der Waals surface area contributed by atoms with E-state index in [9.17, 15) is 13.6 Å². The lowest BCUT2D eigenvalue weighted by molar-refractivity contribution is -0.0500. The van der Waals surface area contributed by atoms with Crippen molar-refractivity contribution < 1.29 is 18.3 Å². The molecule has 0 fully saturated rings. The van der Waals surface area contributed by atoms with Crippen molar-refractivity contribution in [2.45, 2.75) is 13.5 Å². The van der Waals surface area contributed by atoms with Crippen LogP contribution >= 0.6 is 11.6 Å². The fourth-order valence-electron chi connectivity index (χ4n) is 1.02. The van der Waals surface area contributed by atoms with Crippen LogP contribution in [-0.4, -0.2) is 12.9 Å². The molecule has 0 aromatic heterocycles. The van der Waals surface area contributed by atoms with E-state index < -0.39 is 6.61 Å². The van der Waals surface area contributed by atoms with Gasteiger partial charge in [-0.2, -0.15) is 8.78 Å². The number of carbonyl (C=O) groups is 1. The summed E-state index contributed by atoms with van der Waals surface area (Å²) in [6.07, 6.45) is 0.443. The highest BCUT2D eigenvalue weighted by molar-refractivity contribution is 6.31. The van der Waals surface area contributed by atoms with Gasteiger partial charge < -0.3 is 4.74 Å². The second-order valence-corrected chi connectivity index (χ2v) is 2.99. The first-order valence-corrected chi connectivity index (χ1v) is 4.13. The zero-order chi connectivity index (χ0) is 10.7. The summed E-state index contributed by atoms with van der Waals surface area (Å²) in [6.45, 7) is -1.39. The van der Waals surface area contributed by atoms with Crippen LogP contribution in [0.4, 0.5) is 8.78 Å². The van der Waals surface area contributed by atoms with E-state index in [4.69, 9.17) is 11.6 Å². The third kappa shape index (κ3) is 2.20. The lowest BCUT2D eigenvalue weighted by atomic mass is 10.1. The van der Waals surface area contributed by atoms with Crippen molar-refractivity contribution in [3.63, 3.8) is 0 Å². The number of carbonyl (C=O) groups excluding carboxylic acids is 1. The molecule has 0 aliphatic rings. The summed E-state index contributed by atoms with van der Waals surface area (Å²) >= 11 is 5.70. The fraction of sp³-hybridized carbons (Fsp3) is 0.222. The molecule has 0 aliphatic carbocycles. The van der Waals surface area contributed by atoms with Crippen LogP contribution in [0.2, 0.25) is 5.02 Å². The first kappa shape index (κ1) is 10.9. The Hall–Kier alpha value is -1.16. The monoisotopic (exact) mass is 220 g/mol. The Labute approximate surface area is 84.4 Å². The molecule has 1 rings (SSSR count). The smallest absolute Gasteiger partial charge is 0.387 e. The maximum atomic E-state index is 11.9. The molecule has 14 heavy (non-hydrogen) atoms. The molecule has 76 valence electrons. The summed E-state index contributed by atoms with van der Waals surface area (Å²) in [5, 5.41) is 0.341. The van der Waals surface area contributed by atoms with Crippen LogP contribution in [0.3, 0.4) is 0 Å². The first-order chi connectivity index (χ1) is 6.56. The Balaban J connectivity index is 3.17. The van der Waals surface area contributed by atoms with Crippen LogP contribution < -0.4 is 4.74 Å². The molecule has 0 saturated heterocycles. The normalized spacial score (nSPS) is 10.4. The van der Waals surface area contributed by atoms with E-state index in [2.05, 4.69) is 4.74 Å². The number of ether oxygens (including phenoxy) is 1. The number of halogens is 3. The van der Waals surface area contributed by atoms with Gasteiger partial charge in [-0.3, -0.25) is 4.79 Å². The van der Waals surface area contributed by atoms with Gasteiger partial charge in [0.15, 0.2) is 6.29 Å². The summed E-state index contributed by atoms with van der Waals surface area (Å²) in [5.41, 5.74) is 0.484. The predicted octanol–water partition coefficient (Wildman–Crippen LogP) is 3.06. The van der Waals surface area contributed by atoms with Crippen molar-refractivity contribution in [2.24, 2.45) is 0 Å².